The third-order valence-corrected chi connectivity index (χ3v) is 31.9. The van der Waals surface area contributed by atoms with E-state index in [1.54, 1.807) is 7.11 Å². The highest BCUT2D eigenvalue weighted by Crippen LogP contribution is 2.47. The fourth-order valence-electron chi connectivity index (χ4n) is 22.6. The Morgan fingerprint density at radius 2 is 0.589 bits per heavy atom. The van der Waals surface area contributed by atoms with Crippen LogP contribution >= 0.6 is 79.6 Å². The highest BCUT2D eigenvalue weighted by atomic mass is 79.9. The van der Waals surface area contributed by atoms with Crippen LogP contribution in [0.1, 0.15) is 228 Å². The van der Waals surface area contributed by atoms with E-state index in [0.717, 1.165) is 98.1 Å². The molecule has 0 saturated heterocycles. The molecule has 0 spiro atoms. The molecule has 6 unspecified atom stereocenters. The number of aromatic amines is 6. The first-order valence-electron chi connectivity index (χ1n) is 50.4. The van der Waals surface area contributed by atoms with Crippen molar-refractivity contribution in [1.29, 1.82) is 0 Å². The number of hydrogen-bond acceptors (Lipinski definition) is 8. The van der Waals surface area contributed by atoms with Crippen LogP contribution in [-0.4, -0.2) is 41.9 Å². The van der Waals surface area contributed by atoms with Crippen molar-refractivity contribution in [2.45, 2.75) is 199 Å². The number of H-pyrrole nitrogens is 6. The summed E-state index contributed by atoms with van der Waals surface area (Å²) in [5.41, 5.74) is 37.4. The Hall–Kier alpha value is -11.9. The molecule has 7 aliphatic rings. The lowest BCUT2D eigenvalue weighted by molar-refractivity contribution is 0.177. The summed E-state index contributed by atoms with van der Waals surface area (Å²) in [4.78, 5) is 24.6. The number of aryl methyl sites for hydroxylation is 8. The quantitative estimate of drug-likeness (QED) is 0.0481. The van der Waals surface area contributed by atoms with Gasteiger partial charge in [0.05, 0.1) is 43.4 Å². The van der Waals surface area contributed by atoms with Crippen LogP contribution in [0, 0.1) is 13.8 Å². The summed E-state index contributed by atoms with van der Waals surface area (Å²) in [6.07, 6.45) is 21.4. The first-order valence-corrected chi connectivity index (χ1v) is 54.3. The SMILES string of the molecule is Brc1ccc2[nH]c3c(c2c1)CCCC3N1Cc2ccccc2C1.Brc1ccc2[nH]c3c(c2c1)CCCC3Nc1ccc(Oc2ccccc2)cc1.CC(C)c1ccc(NC2CCCc3c2[nH]c2ccc(Br)cc32)cc1.COc1cccc(NC2CCCc3c2[nH]c2ccc(Br)cc32)c1.Cc1ccc2[nH]c3c(c2c1)CCCC3Nc1ccccc1.Cc1cccc(NC2CCCc3c2[nH]c2ccc(Br)cc32)c1. The Labute approximate surface area is 868 Å². The van der Waals surface area contributed by atoms with Gasteiger partial charge in [0.2, 0.25) is 0 Å². The van der Waals surface area contributed by atoms with E-state index >= 15 is 0 Å². The second-order valence-electron chi connectivity index (χ2n) is 39.3. The van der Waals surface area contributed by atoms with Crippen molar-refractivity contribution < 1.29 is 9.47 Å². The summed E-state index contributed by atoms with van der Waals surface area (Å²) in [6.45, 7) is 10.9. The number of rotatable bonds is 15. The largest absolute Gasteiger partial charge is 0.497 e. The summed E-state index contributed by atoms with van der Waals surface area (Å²) >= 11 is 18.0. The lowest BCUT2D eigenvalue weighted by atomic mass is 9.91. The molecule has 11 N–H and O–H groups in total. The zero-order valence-electron chi connectivity index (χ0n) is 80.5. The highest BCUT2D eigenvalue weighted by molar-refractivity contribution is 9.11. The fourth-order valence-corrected chi connectivity index (χ4v) is 24.4. The highest BCUT2D eigenvalue weighted by Gasteiger charge is 2.35. The minimum Gasteiger partial charge on any atom is -0.497 e. The van der Waals surface area contributed by atoms with E-state index in [9.17, 15) is 0 Å². The predicted octanol–water partition coefficient (Wildman–Crippen LogP) is 35.2. The van der Waals surface area contributed by atoms with Crippen LogP contribution in [0.4, 0.5) is 28.4 Å². The minimum absolute atomic E-state index is 0.302. The van der Waals surface area contributed by atoms with Gasteiger partial charge in [-0.05, 0) is 379 Å². The zero-order valence-corrected chi connectivity index (χ0v) is 88.5. The molecule has 19 aromatic rings. The normalized spacial score (nSPS) is 17.6. The molecular weight excluding hydrogens is 2060 g/mol. The van der Waals surface area contributed by atoms with Gasteiger partial charge in [0.1, 0.15) is 17.2 Å². The molecule has 13 aromatic carbocycles. The van der Waals surface area contributed by atoms with E-state index in [1.807, 2.05) is 60.7 Å². The average molecular weight is 2190 g/mol. The number of ether oxygens (including phenoxy) is 2. The summed E-state index contributed by atoms with van der Waals surface area (Å²) in [6, 6.07) is 105. The van der Waals surface area contributed by atoms with E-state index in [4.69, 9.17) is 9.47 Å². The first kappa shape index (κ1) is 95.3. The minimum atomic E-state index is 0.302. The lowest BCUT2D eigenvalue weighted by Gasteiger charge is -2.31. The van der Waals surface area contributed by atoms with Gasteiger partial charge in [-0.25, -0.2) is 0 Å². The van der Waals surface area contributed by atoms with Crippen molar-refractivity contribution in [2.75, 3.05) is 33.7 Å². The summed E-state index contributed by atoms with van der Waals surface area (Å²) < 4.78 is 16.9. The molecule has 0 fully saturated rings. The molecule has 6 aromatic heterocycles. The maximum absolute atomic E-state index is 5.89. The van der Waals surface area contributed by atoms with Crippen LogP contribution < -0.4 is 36.1 Å². The van der Waals surface area contributed by atoms with Crippen molar-refractivity contribution in [3.8, 4) is 17.2 Å². The first-order chi connectivity index (χ1) is 68.9. The van der Waals surface area contributed by atoms with Gasteiger partial charge in [-0.2, -0.15) is 0 Å². The molecule has 716 valence electrons. The number of anilines is 5. The van der Waals surface area contributed by atoms with Crippen LogP contribution in [0.3, 0.4) is 0 Å². The van der Waals surface area contributed by atoms with Gasteiger partial charge < -0.3 is 66.0 Å². The molecule has 6 atom stereocenters. The average Bonchev–Trinajstić information content (AvgIpc) is 1.63. The molecule has 14 nitrogen and oxygen atoms in total. The third-order valence-electron chi connectivity index (χ3n) is 29.5. The summed E-state index contributed by atoms with van der Waals surface area (Å²) in [5.74, 6) is 3.15. The van der Waals surface area contributed by atoms with E-state index < -0.39 is 0 Å². The molecule has 7 heterocycles. The Bertz CT molecular complexity index is 7620. The summed E-state index contributed by atoms with van der Waals surface area (Å²) in [5, 5.41) is 26.7. The van der Waals surface area contributed by atoms with Crippen LogP contribution in [-0.2, 0) is 51.6 Å². The monoisotopic (exact) mass is 2180 g/mol. The van der Waals surface area contributed by atoms with Crippen LogP contribution in [0.2, 0.25) is 0 Å². The van der Waals surface area contributed by atoms with Crippen LogP contribution in [0.25, 0.3) is 65.4 Å². The molecule has 0 bridgehead atoms. The van der Waals surface area contributed by atoms with Crippen molar-refractivity contribution in [2.24, 2.45) is 0 Å². The maximum atomic E-state index is 5.89. The third kappa shape index (κ3) is 21.6. The maximum Gasteiger partial charge on any atom is 0.127 e. The van der Waals surface area contributed by atoms with Crippen molar-refractivity contribution >= 4 is 174 Å². The predicted molar refractivity (Wildman–Crippen MR) is 605 cm³/mol. The number of fused-ring (bicyclic) bond motifs is 19. The number of aromatic nitrogens is 6. The molecule has 1 aliphatic heterocycles. The van der Waals surface area contributed by atoms with Gasteiger partial charge >= 0.3 is 0 Å². The standard InChI is InChI=1S/C24H21BrN2O.C21H23BrN2.C20H19BrN2.C19H19BrN2O.C19H19BrN2.C19H20N2/c25-16-9-14-22-21(15-16)20-7-4-8-23(24(20)27-22)26-17-10-12-19(13-11-17)28-18-5-2-1-3-6-18;1-13(2)14-6-9-16(10-7-14)23-20-5-3-4-17-18-12-15(22)8-11-19(18)24-21(17)20;21-15-8-9-18-17(10-15)16-6-3-7-19(20(16)22-18)23-11-13-4-1-2-5-14(13)12-23;1-23-14-5-2-4-13(11-14)21-18-7-3-6-15-16-10-12(20)8-9-17(16)22-19(15)18;1-12-4-2-5-14(10-12)21-18-7-3-6-15-16-11-13(20)8-9-17(16)22-19(15)18;1-13-10-11-17-16(12-13)15-8-5-9-18(19(15)21-17)20-14-6-3-2-4-7-14/h1-3,5-6,9-15,23,26-27H,4,7-8H2;6-13,20,23-24H,3-5H2,1-2H3;1-2,4-5,8-10,19,22H,3,6-7,11-12H2;2,4-5,8-11,18,21-22H,3,6-7H2,1H3;2,4-5,8-11,18,21-22H,3,6-7H2,1H3;2-4,6-7,10-12,18,20-21H,5,8-9H2,1H3. The number of benzene rings is 13. The van der Waals surface area contributed by atoms with Gasteiger partial charge in [0.15, 0.2) is 0 Å². The van der Waals surface area contributed by atoms with E-state index in [0.29, 0.717) is 42.2 Å². The number of hydrogen-bond donors (Lipinski definition) is 11. The van der Waals surface area contributed by atoms with Gasteiger partial charge in [0, 0.05) is 170 Å². The van der Waals surface area contributed by atoms with Gasteiger partial charge in [-0.1, -0.05) is 196 Å². The molecule has 0 radical (unpaired) electrons. The topological polar surface area (TPSA) is 177 Å². The Morgan fingerprint density at radius 1 is 0.284 bits per heavy atom. The Balaban J connectivity index is 0.000000100. The second kappa shape index (κ2) is 43.1. The Kier molecular flexibility index (Phi) is 29.1. The van der Waals surface area contributed by atoms with E-state index in [1.165, 1.54) is 259 Å². The number of methoxy groups -OCH3 is 1. The van der Waals surface area contributed by atoms with Crippen LogP contribution in [0.5, 0.6) is 17.2 Å². The fraction of sp³-hybridized carbons (Fsp3) is 0.262. The molecule has 0 saturated carbocycles. The van der Waals surface area contributed by atoms with E-state index in [2.05, 4.69) is 399 Å². The number of nitrogens with zero attached hydrogens (tertiary/aromatic N) is 1. The number of halogens is 5. The smallest absolute Gasteiger partial charge is 0.127 e. The van der Waals surface area contributed by atoms with Crippen molar-refractivity contribution in [1.82, 2.24) is 34.8 Å². The van der Waals surface area contributed by atoms with Crippen molar-refractivity contribution in [3.63, 3.8) is 0 Å². The molecule has 6 aliphatic carbocycles. The number of para-hydroxylation sites is 2. The molecule has 26 rings (SSSR count). The molecule has 19 heteroatoms. The zero-order chi connectivity index (χ0) is 96.1. The van der Waals surface area contributed by atoms with Crippen LogP contribution in [0.15, 0.2) is 314 Å². The molecule has 0 amide bonds. The lowest BCUT2D eigenvalue weighted by Crippen LogP contribution is -2.26. The number of nitrogens with one attached hydrogen (secondary N) is 11. The van der Waals surface area contributed by atoms with E-state index in [-0.39, 0.29) is 0 Å². The Morgan fingerprint density at radius 3 is 0.986 bits per heavy atom. The van der Waals surface area contributed by atoms with Crippen molar-refractivity contribution in [3.05, 3.63) is 409 Å². The summed E-state index contributed by atoms with van der Waals surface area (Å²) in [7, 11) is 1.70. The van der Waals surface area contributed by atoms with Gasteiger partial charge in [-0.3, -0.25) is 4.90 Å². The van der Waals surface area contributed by atoms with Gasteiger partial charge in [-0.15, -0.1) is 0 Å². The molecule has 141 heavy (non-hydrogen) atoms. The van der Waals surface area contributed by atoms with Gasteiger partial charge in [0.25, 0.3) is 0 Å². The second-order valence-corrected chi connectivity index (χ2v) is 43.9. The molecular formula is C122H121Br5N12O2.